The number of aryl methyl sites for hydroxylation is 2. The molecule has 1 atom stereocenters. The first-order valence-electron chi connectivity index (χ1n) is 7.75. The Balaban J connectivity index is 1.74. The fourth-order valence-electron chi connectivity index (χ4n) is 3.31. The Morgan fingerprint density at radius 3 is 3.04 bits per heavy atom. The van der Waals surface area contributed by atoms with E-state index >= 15 is 0 Å². The summed E-state index contributed by atoms with van der Waals surface area (Å²) >= 11 is 1.78. The highest BCUT2D eigenvalue weighted by molar-refractivity contribution is 7.10. The maximum Gasteiger partial charge on any atom is 0.257 e. The Bertz CT molecular complexity index is 911. The predicted molar refractivity (Wildman–Crippen MR) is 89.9 cm³/mol. The second-order valence-electron chi connectivity index (χ2n) is 6.04. The molecule has 4 rings (SSSR count). The number of thiophene rings is 1. The smallest absolute Gasteiger partial charge is 0.257 e. The van der Waals surface area contributed by atoms with Crippen LogP contribution in [0.15, 0.2) is 23.7 Å². The van der Waals surface area contributed by atoms with E-state index in [-0.39, 0.29) is 11.9 Å². The molecule has 0 radical (unpaired) electrons. The minimum atomic E-state index is 0.0365. The molecule has 1 amide bonds. The summed E-state index contributed by atoms with van der Waals surface area (Å²) < 4.78 is 1.76. The molecule has 0 N–H and O–H groups in total. The standard InChI is InChI=1S/C17H18N4OS/c1-10-8-16-18-9-14(12(3)21(16)19-10)17(22)20-6-4-15-13(11(20)2)5-7-23-15/h5,7-9,11H,4,6H2,1-3H3/t11-/m1/s1. The monoisotopic (exact) mass is 326 g/mol. The van der Waals surface area contributed by atoms with Gasteiger partial charge in [-0.3, -0.25) is 4.79 Å². The lowest BCUT2D eigenvalue weighted by Gasteiger charge is -2.34. The molecule has 4 heterocycles. The van der Waals surface area contributed by atoms with Crippen LogP contribution in [-0.4, -0.2) is 31.9 Å². The number of nitrogens with zero attached hydrogens (tertiary/aromatic N) is 4. The average Bonchev–Trinajstić information content (AvgIpc) is 3.14. The fraction of sp³-hybridized carbons (Fsp3) is 0.353. The van der Waals surface area contributed by atoms with Crippen molar-refractivity contribution in [3.63, 3.8) is 0 Å². The minimum Gasteiger partial charge on any atom is -0.331 e. The summed E-state index contributed by atoms with van der Waals surface area (Å²) in [6.45, 7) is 6.71. The summed E-state index contributed by atoms with van der Waals surface area (Å²) in [6, 6.07) is 4.16. The number of carbonyl (C=O) groups excluding carboxylic acids is 1. The van der Waals surface area contributed by atoms with E-state index in [1.54, 1.807) is 22.0 Å². The Kier molecular flexibility index (Phi) is 3.23. The largest absolute Gasteiger partial charge is 0.331 e. The first kappa shape index (κ1) is 14.4. The molecular weight excluding hydrogens is 308 g/mol. The van der Waals surface area contributed by atoms with Gasteiger partial charge in [0.2, 0.25) is 0 Å². The molecule has 0 saturated heterocycles. The van der Waals surface area contributed by atoms with Gasteiger partial charge in [0.1, 0.15) is 0 Å². The van der Waals surface area contributed by atoms with Crippen molar-refractivity contribution in [2.45, 2.75) is 33.2 Å². The minimum absolute atomic E-state index is 0.0365. The first-order chi connectivity index (χ1) is 11.1. The lowest BCUT2D eigenvalue weighted by molar-refractivity contribution is 0.0677. The SMILES string of the molecule is Cc1cc2ncc(C(=O)N3CCc4sccc4[C@H]3C)c(C)n2n1. The number of hydrogen-bond donors (Lipinski definition) is 0. The van der Waals surface area contributed by atoms with Crippen molar-refractivity contribution >= 4 is 22.9 Å². The zero-order valence-corrected chi connectivity index (χ0v) is 14.2. The molecule has 0 aromatic carbocycles. The van der Waals surface area contributed by atoms with Crippen LogP contribution in [0.4, 0.5) is 0 Å². The normalized spacial score (nSPS) is 17.5. The van der Waals surface area contributed by atoms with Gasteiger partial charge in [0, 0.05) is 23.7 Å². The zero-order valence-electron chi connectivity index (χ0n) is 13.4. The van der Waals surface area contributed by atoms with E-state index in [1.807, 2.05) is 24.8 Å². The average molecular weight is 326 g/mol. The van der Waals surface area contributed by atoms with E-state index in [0.717, 1.165) is 30.0 Å². The lowest BCUT2D eigenvalue weighted by Crippen LogP contribution is -2.38. The van der Waals surface area contributed by atoms with Crippen LogP contribution in [0.1, 0.15) is 45.2 Å². The zero-order chi connectivity index (χ0) is 16.1. The molecule has 3 aromatic rings. The summed E-state index contributed by atoms with van der Waals surface area (Å²) in [4.78, 5) is 20.8. The van der Waals surface area contributed by atoms with E-state index in [2.05, 4.69) is 28.5 Å². The molecular formula is C17H18N4OS. The van der Waals surface area contributed by atoms with Crippen LogP contribution in [-0.2, 0) is 6.42 Å². The van der Waals surface area contributed by atoms with Gasteiger partial charge in [0.05, 0.1) is 23.0 Å². The highest BCUT2D eigenvalue weighted by Gasteiger charge is 2.30. The van der Waals surface area contributed by atoms with Gasteiger partial charge in [-0.15, -0.1) is 11.3 Å². The Labute approximate surface area is 138 Å². The van der Waals surface area contributed by atoms with Crippen LogP contribution in [0.25, 0.3) is 5.65 Å². The number of rotatable bonds is 1. The highest BCUT2D eigenvalue weighted by atomic mass is 32.1. The summed E-state index contributed by atoms with van der Waals surface area (Å²) in [5.74, 6) is 0.0365. The van der Waals surface area contributed by atoms with E-state index in [9.17, 15) is 4.79 Å². The Morgan fingerprint density at radius 2 is 2.22 bits per heavy atom. The fourth-order valence-corrected chi connectivity index (χ4v) is 4.28. The van der Waals surface area contributed by atoms with Gasteiger partial charge in [-0.2, -0.15) is 5.10 Å². The van der Waals surface area contributed by atoms with Gasteiger partial charge in [0.15, 0.2) is 5.65 Å². The molecule has 1 aliphatic rings. The van der Waals surface area contributed by atoms with E-state index in [1.165, 1.54) is 10.4 Å². The van der Waals surface area contributed by atoms with E-state index < -0.39 is 0 Å². The van der Waals surface area contributed by atoms with Gasteiger partial charge >= 0.3 is 0 Å². The maximum absolute atomic E-state index is 13.1. The van der Waals surface area contributed by atoms with Crippen molar-refractivity contribution in [1.82, 2.24) is 19.5 Å². The highest BCUT2D eigenvalue weighted by Crippen LogP contribution is 2.33. The number of carbonyl (C=O) groups is 1. The Morgan fingerprint density at radius 1 is 1.39 bits per heavy atom. The second-order valence-corrected chi connectivity index (χ2v) is 7.04. The third-order valence-corrected chi connectivity index (χ3v) is 5.61. The van der Waals surface area contributed by atoms with Crippen molar-refractivity contribution in [2.75, 3.05) is 6.54 Å². The van der Waals surface area contributed by atoms with Gasteiger partial charge in [-0.1, -0.05) is 0 Å². The number of hydrogen-bond acceptors (Lipinski definition) is 4. The molecule has 3 aromatic heterocycles. The van der Waals surface area contributed by atoms with Crippen molar-refractivity contribution in [3.8, 4) is 0 Å². The molecule has 6 heteroatoms. The third-order valence-electron chi connectivity index (χ3n) is 4.61. The quantitative estimate of drug-likeness (QED) is 0.690. The number of aromatic nitrogens is 3. The molecule has 0 unspecified atom stereocenters. The Hall–Kier alpha value is -2.21. The van der Waals surface area contributed by atoms with Crippen LogP contribution in [0.3, 0.4) is 0 Å². The predicted octanol–water partition coefficient (Wildman–Crippen LogP) is 3.17. The van der Waals surface area contributed by atoms with Crippen LogP contribution in [0, 0.1) is 13.8 Å². The van der Waals surface area contributed by atoms with Gasteiger partial charge in [-0.25, -0.2) is 9.50 Å². The maximum atomic E-state index is 13.1. The van der Waals surface area contributed by atoms with Crippen LogP contribution >= 0.6 is 11.3 Å². The molecule has 0 bridgehead atoms. The first-order valence-corrected chi connectivity index (χ1v) is 8.63. The number of fused-ring (bicyclic) bond motifs is 2. The summed E-state index contributed by atoms with van der Waals surface area (Å²) in [7, 11) is 0. The molecule has 23 heavy (non-hydrogen) atoms. The van der Waals surface area contributed by atoms with E-state index in [0.29, 0.717) is 5.56 Å². The molecule has 0 saturated carbocycles. The van der Waals surface area contributed by atoms with Crippen LogP contribution in [0.5, 0.6) is 0 Å². The summed E-state index contributed by atoms with van der Waals surface area (Å²) in [5.41, 5.74) is 4.43. The van der Waals surface area contributed by atoms with Crippen LogP contribution in [0.2, 0.25) is 0 Å². The van der Waals surface area contributed by atoms with Gasteiger partial charge in [0.25, 0.3) is 5.91 Å². The molecule has 0 fully saturated rings. The molecule has 118 valence electrons. The van der Waals surface area contributed by atoms with Gasteiger partial charge in [-0.05, 0) is 44.2 Å². The van der Waals surface area contributed by atoms with Crippen molar-refractivity contribution in [3.05, 3.63) is 51.1 Å². The van der Waals surface area contributed by atoms with Crippen LogP contribution < -0.4 is 0 Å². The number of amides is 1. The topological polar surface area (TPSA) is 50.5 Å². The molecule has 1 aliphatic heterocycles. The van der Waals surface area contributed by atoms with E-state index in [4.69, 9.17) is 0 Å². The van der Waals surface area contributed by atoms with Crippen molar-refractivity contribution in [1.29, 1.82) is 0 Å². The third kappa shape index (κ3) is 2.16. The van der Waals surface area contributed by atoms with Crippen molar-refractivity contribution in [2.24, 2.45) is 0 Å². The van der Waals surface area contributed by atoms with Crippen molar-refractivity contribution < 1.29 is 4.79 Å². The molecule has 0 aliphatic carbocycles. The summed E-state index contributed by atoms with van der Waals surface area (Å²) in [5, 5.41) is 6.54. The second kappa shape index (κ2) is 5.16. The molecule has 5 nitrogen and oxygen atoms in total. The van der Waals surface area contributed by atoms with Gasteiger partial charge < -0.3 is 4.90 Å². The summed E-state index contributed by atoms with van der Waals surface area (Å²) in [6.07, 6.45) is 2.61. The molecule has 0 spiro atoms. The lowest BCUT2D eigenvalue weighted by atomic mass is 10.0.